The van der Waals surface area contributed by atoms with Gasteiger partial charge < -0.3 is 29.9 Å². The molecule has 0 spiro atoms. The molecular formula is C28H26O9. The zero-order valence-corrected chi connectivity index (χ0v) is 20.1. The molecule has 3 aromatic carbocycles. The number of ketones is 2. The van der Waals surface area contributed by atoms with Crippen LogP contribution in [0.2, 0.25) is 0 Å². The fraction of sp³-hybridized carbons (Fsp3) is 0.107. The van der Waals surface area contributed by atoms with Crippen LogP contribution < -0.4 is 9.47 Å². The maximum atomic E-state index is 11.9. The summed E-state index contributed by atoms with van der Waals surface area (Å²) in [5.41, 5.74) is 1.51. The quantitative estimate of drug-likeness (QED) is 0.244. The zero-order valence-electron chi connectivity index (χ0n) is 20.1. The number of methoxy groups -OCH3 is 2. The molecule has 9 heteroatoms. The van der Waals surface area contributed by atoms with E-state index in [1.165, 1.54) is 62.8 Å². The third-order valence-corrected chi connectivity index (χ3v) is 4.79. The Hall–Kier alpha value is -5.05. The van der Waals surface area contributed by atoms with Crippen LogP contribution in [0.4, 0.5) is 0 Å². The molecule has 0 fully saturated rings. The highest BCUT2D eigenvalue weighted by molar-refractivity contribution is 6.10. The lowest BCUT2D eigenvalue weighted by atomic mass is 10.1. The van der Waals surface area contributed by atoms with E-state index in [1.807, 2.05) is 0 Å². The van der Waals surface area contributed by atoms with Crippen molar-refractivity contribution in [2.45, 2.75) is 6.42 Å². The Morgan fingerprint density at radius 1 is 0.703 bits per heavy atom. The zero-order chi connectivity index (χ0) is 27.4. The highest BCUT2D eigenvalue weighted by atomic mass is 16.5. The summed E-state index contributed by atoms with van der Waals surface area (Å²) in [7, 11) is 2.87. The van der Waals surface area contributed by atoms with E-state index < -0.39 is 5.97 Å². The van der Waals surface area contributed by atoms with Gasteiger partial charge in [-0.1, -0.05) is 24.3 Å². The van der Waals surface area contributed by atoms with Crippen molar-refractivity contribution in [3.05, 3.63) is 89.5 Å². The van der Waals surface area contributed by atoms with Gasteiger partial charge in [-0.3, -0.25) is 9.59 Å². The molecule has 0 radical (unpaired) electrons. The second kappa shape index (κ2) is 13.7. The van der Waals surface area contributed by atoms with E-state index in [-0.39, 0.29) is 40.8 Å². The van der Waals surface area contributed by atoms with Crippen LogP contribution in [0, 0.1) is 0 Å². The molecule has 0 bridgehead atoms. The maximum Gasteiger partial charge on any atom is 0.335 e. The molecule has 0 aromatic heterocycles. The van der Waals surface area contributed by atoms with Gasteiger partial charge in [0.15, 0.2) is 34.6 Å². The molecule has 192 valence electrons. The molecule has 0 aliphatic carbocycles. The summed E-state index contributed by atoms with van der Waals surface area (Å²) < 4.78 is 10.00. The van der Waals surface area contributed by atoms with E-state index >= 15 is 0 Å². The number of phenolic OH excluding ortho intramolecular Hbond substituents is 3. The summed E-state index contributed by atoms with van der Waals surface area (Å²) in [4.78, 5) is 34.1. The number of ether oxygens (including phenoxy) is 2. The fourth-order valence-corrected chi connectivity index (χ4v) is 2.87. The van der Waals surface area contributed by atoms with E-state index in [2.05, 4.69) is 0 Å². The molecule has 0 atom stereocenters. The van der Waals surface area contributed by atoms with Crippen molar-refractivity contribution in [2.24, 2.45) is 0 Å². The number of hydrogen-bond donors (Lipinski definition) is 4. The molecule has 3 aromatic rings. The minimum absolute atomic E-state index is 0.00662. The third-order valence-electron chi connectivity index (χ3n) is 4.79. The van der Waals surface area contributed by atoms with Crippen LogP contribution in [0.15, 0.2) is 72.8 Å². The number of allylic oxidation sites excluding steroid dienone is 2. The summed E-state index contributed by atoms with van der Waals surface area (Å²) in [6.45, 7) is 0. The van der Waals surface area contributed by atoms with E-state index in [1.54, 1.807) is 36.4 Å². The molecule has 0 saturated carbocycles. The lowest BCUT2D eigenvalue weighted by Gasteiger charge is -2.03. The molecular weight excluding hydrogens is 480 g/mol. The van der Waals surface area contributed by atoms with E-state index in [4.69, 9.17) is 19.7 Å². The number of carbonyl (C=O) groups excluding carboxylic acids is 2. The summed E-state index contributed by atoms with van der Waals surface area (Å²) in [6.07, 6.45) is 5.44. The van der Waals surface area contributed by atoms with Gasteiger partial charge in [-0.25, -0.2) is 4.79 Å². The predicted octanol–water partition coefficient (Wildman–Crippen LogP) is 4.46. The Morgan fingerprint density at radius 3 is 1.51 bits per heavy atom. The first-order chi connectivity index (χ1) is 17.6. The van der Waals surface area contributed by atoms with Crippen molar-refractivity contribution < 1.29 is 44.3 Å². The van der Waals surface area contributed by atoms with Crippen LogP contribution in [0.1, 0.15) is 27.9 Å². The summed E-state index contributed by atoms with van der Waals surface area (Å²) in [5, 5.41) is 36.2. The molecule has 37 heavy (non-hydrogen) atoms. The first kappa shape index (κ1) is 28.2. The smallest absolute Gasteiger partial charge is 0.335 e. The number of benzene rings is 3. The summed E-state index contributed by atoms with van der Waals surface area (Å²) >= 11 is 0. The van der Waals surface area contributed by atoms with E-state index in [0.29, 0.717) is 22.6 Å². The van der Waals surface area contributed by atoms with E-state index in [0.717, 1.165) is 0 Å². The SMILES string of the molecule is COc1cc(/C=C/C(=O)CC(=O)/C=C/c2ccc(O)c(OC)c2)ccc1O.O=C(O)c1ccc(O)cc1. The molecule has 3 rings (SSSR count). The van der Waals surface area contributed by atoms with Gasteiger partial charge in [0.1, 0.15) is 5.75 Å². The molecule has 0 saturated heterocycles. The highest BCUT2D eigenvalue weighted by Crippen LogP contribution is 2.27. The Balaban J connectivity index is 0.000000402. The van der Waals surface area contributed by atoms with Crippen LogP contribution in [-0.4, -0.2) is 52.2 Å². The van der Waals surface area contributed by atoms with Crippen molar-refractivity contribution in [2.75, 3.05) is 14.2 Å². The fourth-order valence-electron chi connectivity index (χ4n) is 2.87. The van der Waals surface area contributed by atoms with Crippen LogP contribution in [0.3, 0.4) is 0 Å². The van der Waals surface area contributed by atoms with Crippen molar-refractivity contribution in [1.29, 1.82) is 0 Å². The Morgan fingerprint density at radius 2 is 1.14 bits per heavy atom. The highest BCUT2D eigenvalue weighted by Gasteiger charge is 2.06. The maximum absolute atomic E-state index is 11.9. The van der Waals surface area contributed by atoms with Gasteiger partial charge in [-0.15, -0.1) is 0 Å². The first-order valence-corrected chi connectivity index (χ1v) is 10.8. The van der Waals surface area contributed by atoms with Gasteiger partial charge in [-0.05, 0) is 71.8 Å². The molecule has 9 nitrogen and oxygen atoms in total. The van der Waals surface area contributed by atoms with Crippen molar-refractivity contribution >= 4 is 29.7 Å². The lowest BCUT2D eigenvalue weighted by Crippen LogP contribution is -2.01. The van der Waals surface area contributed by atoms with Crippen molar-refractivity contribution in [3.63, 3.8) is 0 Å². The lowest BCUT2D eigenvalue weighted by molar-refractivity contribution is -0.121. The predicted molar refractivity (Wildman–Crippen MR) is 137 cm³/mol. The number of carbonyl (C=O) groups is 3. The number of rotatable bonds is 9. The minimum atomic E-state index is -0.986. The molecule has 4 N–H and O–H groups in total. The van der Waals surface area contributed by atoms with Crippen molar-refractivity contribution in [1.82, 2.24) is 0 Å². The topological polar surface area (TPSA) is 151 Å². The van der Waals surface area contributed by atoms with Gasteiger partial charge in [0.25, 0.3) is 0 Å². The standard InChI is InChI=1S/C21H20O6.C7H6O3/c1-26-20-11-14(5-9-18(20)24)3-7-16(22)13-17(23)8-4-15-6-10-19(25)21(12-15)27-2;8-6-3-1-5(2-4-6)7(9)10/h3-12,24-25H,13H2,1-2H3;1-4,8H,(H,9,10)/b7-3+,8-4+;. The summed E-state index contributed by atoms with van der Waals surface area (Å²) in [5.74, 6) is -0.995. The third kappa shape index (κ3) is 9.25. The van der Waals surface area contributed by atoms with Gasteiger partial charge in [0, 0.05) is 0 Å². The normalized spacial score (nSPS) is 10.5. The first-order valence-electron chi connectivity index (χ1n) is 10.8. The largest absolute Gasteiger partial charge is 0.508 e. The number of carboxylic acids is 1. The Labute approximate surface area is 213 Å². The van der Waals surface area contributed by atoms with Gasteiger partial charge in [0.2, 0.25) is 0 Å². The Kier molecular flexibility index (Phi) is 10.5. The average Bonchev–Trinajstić information content (AvgIpc) is 2.88. The van der Waals surface area contributed by atoms with Crippen LogP contribution in [-0.2, 0) is 9.59 Å². The van der Waals surface area contributed by atoms with Crippen molar-refractivity contribution in [3.8, 4) is 28.7 Å². The molecule has 0 aliphatic heterocycles. The molecule has 0 heterocycles. The van der Waals surface area contributed by atoms with Gasteiger partial charge in [0.05, 0.1) is 26.2 Å². The van der Waals surface area contributed by atoms with Crippen LogP contribution in [0.5, 0.6) is 28.7 Å². The number of aromatic carboxylic acids is 1. The minimum Gasteiger partial charge on any atom is -0.508 e. The average molecular weight is 507 g/mol. The molecule has 0 unspecified atom stereocenters. The van der Waals surface area contributed by atoms with Crippen LogP contribution in [0.25, 0.3) is 12.2 Å². The van der Waals surface area contributed by atoms with Crippen LogP contribution >= 0.6 is 0 Å². The Bertz CT molecular complexity index is 1230. The monoisotopic (exact) mass is 506 g/mol. The van der Waals surface area contributed by atoms with Gasteiger partial charge >= 0.3 is 5.97 Å². The second-order valence-corrected chi connectivity index (χ2v) is 7.49. The summed E-state index contributed by atoms with van der Waals surface area (Å²) in [6, 6.07) is 14.7. The number of aromatic hydroxyl groups is 3. The van der Waals surface area contributed by atoms with Gasteiger partial charge in [-0.2, -0.15) is 0 Å². The number of hydrogen-bond acceptors (Lipinski definition) is 8. The second-order valence-electron chi connectivity index (χ2n) is 7.49. The molecule has 0 aliphatic rings. The number of carboxylic acid groups (broad SMARTS) is 1. The molecule has 0 amide bonds. The number of phenols is 3. The van der Waals surface area contributed by atoms with E-state index in [9.17, 15) is 24.6 Å².